The van der Waals surface area contributed by atoms with Gasteiger partial charge in [0.25, 0.3) is 5.91 Å². The van der Waals surface area contributed by atoms with Gasteiger partial charge in [0.2, 0.25) is 5.56 Å². The van der Waals surface area contributed by atoms with Gasteiger partial charge in [-0.1, -0.05) is 24.6 Å². The number of fused-ring (bicyclic) bond motifs is 1. The van der Waals surface area contributed by atoms with Gasteiger partial charge in [-0.3, -0.25) is 9.59 Å². The Labute approximate surface area is 160 Å². The summed E-state index contributed by atoms with van der Waals surface area (Å²) >= 11 is 0. The zero-order valence-electron chi connectivity index (χ0n) is 16.0. The summed E-state index contributed by atoms with van der Waals surface area (Å²) in [5, 5.41) is 4.02. The fourth-order valence-electron chi connectivity index (χ4n) is 5.13. The zero-order valence-corrected chi connectivity index (χ0v) is 16.0. The minimum Gasteiger partial charge on any atom is -0.346 e. The molecule has 5 nitrogen and oxygen atoms in total. The molecule has 2 aromatic rings. The predicted molar refractivity (Wildman–Crippen MR) is 107 cm³/mol. The van der Waals surface area contributed by atoms with Crippen LogP contribution in [0.4, 0.5) is 0 Å². The van der Waals surface area contributed by atoms with Crippen LogP contribution in [0, 0.1) is 0 Å². The molecular formula is C22H30N3O2+. The monoisotopic (exact) mass is 368 g/mol. The molecule has 0 atom stereocenters. The SMILES string of the molecule is O=C(NCC1([NH+]2CCCCC2)CCCCC1)c1cc(=O)[nH]c2ccccc12. The Morgan fingerprint density at radius 1 is 1.04 bits per heavy atom. The van der Waals surface area contributed by atoms with E-state index in [0.29, 0.717) is 17.6 Å². The molecule has 1 saturated heterocycles. The Morgan fingerprint density at radius 3 is 2.52 bits per heavy atom. The number of hydrogen-bond donors (Lipinski definition) is 3. The molecule has 0 unspecified atom stereocenters. The highest BCUT2D eigenvalue weighted by atomic mass is 16.2. The molecular weight excluding hydrogens is 338 g/mol. The number of piperidine rings is 1. The summed E-state index contributed by atoms with van der Waals surface area (Å²) in [6.07, 6.45) is 10.1. The Morgan fingerprint density at radius 2 is 1.74 bits per heavy atom. The molecule has 0 radical (unpaired) electrons. The second-order valence-corrected chi connectivity index (χ2v) is 8.28. The normalized spacial score (nSPS) is 20.4. The summed E-state index contributed by atoms with van der Waals surface area (Å²) in [6, 6.07) is 8.94. The van der Waals surface area contributed by atoms with Crippen LogP contribution in [0.15, 0.2) is 35.1 Å². The van der Waals surface area contributed by atoms with Crippen molar-refractivity contribution < 1.29 is 9.69 Å². The molecule has 1 saturated carbocycles. The van der Waals surface area contributed by atoms with Crippen molar-refractivity contribution in [2.75, 3.05) is 19.6 Å². The first kappa shape index (κ1) is 18.2. The third-order valence-corrected chi connectivity index (χ3v) is 6.60. The average molecular weight is 369 g/mol. The van der Waals surface area contributed by atoms with Crippen LogP contribution in [0.3, 0.4) is 0 Å². The van der Waals surface area contributed by atoms with E-state index >= 15 is 0 Å². The van der Waals surface area contributed by atoms with E-state index in [2.05, 4.69) is 10.3 Å². The van der Waals surface area contributed by atoms with Crippen LogP contribution in [0.1, 0.15) is 61.7 Å². The summed E-state index contributed by atoms with van der Waals surface area (Å²) in [6.45, 7) is 3.16. The van der Waals surface area contributed by atoms with Gasteiger partial charge in [0.05, 0.1) is 25.2 Å². The maximum Gasteiger partial charge on any atom is 0.252 e. The number of H-pyrrole nitrogens is 1. The van der Waals surface area contributed by atoms with Crippen molar-refractivity contribution in [3.05, 3.63) is 46.2 Å². The second-order valence-electron chi connectivity index (χ2n) is 8.28. The quantitative estimate of drug-likeness (QED) is 0.773. The number of likely N-dealkylation sites (tertiary alicyclic amines) is 1. The van der Waals surface area contributed by atoms with Crippen molar-refractivity contribution in [2.24, 2.45) is 0 Å². The van der Waals surface area contributed by atoms with Gasteiger partial charge in [-0.05, 0) is 38.2 Å². The number of hydrogen-bond acceptors (Lipinski definition) is 2. The number of carbonyl (C=O) groups excluding carboxylic acids is 1. The molecule has 1 aliphatic heterocycles. The molecule has 0 bridgehead atoms. The van der Waals surface area contributed by atoms with Crippen molar-refractivity contribution in [2.45, 2.75) is 56.9 Å². The number of carbonyl (C=O) groups is 1. The Bertz CT molecular complexity index is 861. The molecule has 1 aromatic carbocycles. The lowest BCUT2D eigenvalue weighted by Crippen LogP contribution is -3.22. The van der Waals surface area contributed by atoms with Crippen LogP contribution in [-0.2, 0) is 0 Å². The molecule has 27 heavy (non-hydrogen) atoms. The van der Waals surface area contributed by atoms with Crippen molar-refractivity contribution in [3.63, 3.8) is 0 Å². The van der Waals surface area contributed by atoms with E-state index in [-0.39, 0.29) is 17.0 Å². The topological polar surface area (TPSA) is 66.4 Å². The number of benzene rings is 1. The van der Waals surface area contributed by atoms with Gasteiger partial charge in [0.15, 0.2) is 0 Å². The first-order chi connectivity index (χ1) is 13.2. The molecule has 1 aliphatic carbocycles. The zero-order chi connectivity index (χ0) is 18.7. The van der Waals surface area contributed by atoms with E-state index in [0.717, 1.165) is 5.39 Å². The van der Waals surface area contributed by atoms with E-state index < -0.39 is 0 Å². The molecule has 5 heteroatoms. The van der Waals surface area contributed by atoms with Gasteiger partial charge < -0.3 is 15.2 Å². The van der Waals surface area contributed by atoms with E-state index in [9.17, 15) is 9.59 Å². The van der Waals surface area contributed by atoms with Gasteiger partial charge >= 0.3 is 0 Å². The summed E-state index contributed by atoms with van der Waals surface area (Å²) in [5.74, 6) is -0.126. The first-order valence-electron chi connectivity index (χ1n) is 10.4. The van der Waals surface area contributed by atoms with Gasteiger partial charge in [-0.2, -0.15) is 0 Å². The van der Waals surface area contributed by atoms with Crippen molar-refractivity contribution >= 4 is 16.8 Å². The van der Waals surface area contributed by atoms with E-state index in [1.165, 1.54) is 70.5 Å². The number of nitrogens with one attached hydrogen (secondary N) is 3. The van der Waals surface area contributed by atoms with E-state index in [1.807, 2.05) is 24.3 Å². The number of rotatable bonds is 4. The van der Waals surface area contributed by atoms with Crippen LogP contribution in [0.25, 0.3) is 10.9 Å². The van der Waals surface area contributed by atoms with Gasteiger partial charge in [0.1, 0.15) is 5.54 Å². The van der Waals surface area contributed by atoms with Crippen molar-refractivity contribution in [1.82, 2.24) is 10.3 Å². The Balaban J connectivity index is 1.56. The fourth-order valence-corrected chi connectivity index (χ4v) is 5.13. The number of pyridine rings is 1. The molecule has 144 valence electrons. The van der Waals surface area contributed by atoms with Gasteiger partial charge in [0, 0.05) is 29.8 Å². The molecule has 1 aromatic heterocycles. The summed E-state index contributed by atoms with van der Waals surface area (Å²) < 4.78 is 0. The van der Waals surface area contributed by atoms with E-state index in [4.69, 9.17) is 0 Å². The lowest BCUT2D eigenvalue weighted by atomic mass is 9.79. The standard InChI is InChI=1S/C22H29N3O2/c26-20-15-18(17-9-3-4-10-19(17)24-20)21(27)23-16-22(11-5-1-6-12-22)25-13-7-2-8-14-25/h3-4,9-10,15H,1-2,5-8,11-14,16H2,(H,23,27)(H,24,26)/p+1. The van der Waals surface area contributed by atoms with Crippen LogP contribution in [0.2, 0.25) is 0 Å². The van der Waals surface area contributed by atoms with Crippen molar-refractivity contribution in [3.8, 4) is 0 Å². The van der Waals surface area contributed by atoms with Crippen LogP contribution >= 0.6 is 0 Å². The van der Waals surface area contributed by atoms with Gasteiger partial charge in [-0.25, -0.2) is 0 Å². The molecule has 2 fully saturated rings. The molecule has 3 N–H and O–H groups in total. The number of para-hydroxylation sites is 1. The maximum atomic E-state index is 13.0. The van der Waals surface area contributed by atoms with Crippen LogP contribution in [0.5, 0.6) is 0 Å². The van der Waals surface area contributed by atoms with E-state index in [1.54, 1.807) is 4.90 Å². The highest BCUT2D eigenvalue weighted by Gasteiger charge is 2.42. The molecule has 2 aliphatic rings. The molecule has 1 amide bonds. The van der Waals surface area contributed by atoms with Gasteiger partial charge in [-0.15, -0.1) is 0 Å². The lowest BCUT2D eigenvalue weighted by molar-refractivity contribution is -0.957. The van der Waals surface area contributed by atoms with Crippen LogP contribution < -0.4 is 15.8 Å². The summed E-state index contributed by atoms with van der Waals surface area (Å²) in [4.78, 5) is 29.5. The first-order valence-corrected chi connectivity index (χ1v) is 10.4. The highest BCUT2D eigenvalue weighted by Crippen LogP contribution is 2.26. The number of amides is 1. The highest BCUT2D eigenvalue weighted by molar-refractivity contribution is 6.05. The number of quaternary nitrogens is 1. The largest absolute Gasteiger partial charge is 0.346 e. The fraction of sp³-hybridized carbons (Fsp3) is 0.545. The van der Waals surface area contributed by atoms with Crippen molar-refractivity contribution in [1.29, 1.82) is 0 Å². The second kappa shape index (κ2) is 7.85. The lowest BCUT2D eigenvalue weighted by Gasteiger charge is -2.45. The average Bonchev–Trinajstić information content (AvgIpc) is 2.72. The Kier molecular flexibility index (Phi) is 5.30. The molecule has 0 spiro atoms. The molecule has 2 heterocycles. The summed E-state index contributed by atoms with van der Waals surface area (Å²) in [7, 11) is 0. The Hall–Kier alpha value is -2.14. The smallest absolute Gasteiger partial charge is 0.252 e. The summed E-state index contributed by atoms with van der Waals surface area (Å²) in [5.41, 5.74) is 1.14. The predicted octanol–water partition coefficient (Wildman–Crippen LogP) is 2.03. The minimum atomic E-state index is -0.229. The van der Waals surface area contributed by atoms with Crippen LogP contribution in [-0.4, -0.2) is 36.1 Å². The maximum absolute atomic E-state index is 13.0. The third kappa shape index (κ3) is 3.79. The number of aromatic amines is 1. The number of aromatic nitrogens is 1. The molecule has 4 rings (SSSR count). The minimum absolute atomic E-state index is 0.126. The third-order valence-electron chi connectivity index (χ3n) is 6.60.